The summed E-state index contributed by atoms with van der Waals surface area (Å²) in [4.78, 5) is 15.5. The van der Waals surface area contributed by atoms with Gasteiger partial charge in [-0.15, -0.1) is 0 Å². The zero-order valence-corrected chi connectivity index (χ0v) is 10.3. The zero-order valence-electron chi connectivity index (χ0n) is 10.3. The predicted molar refractivity (Wildman–Crippen MR) is 60.3 cm³/mol. The molecule has 1 N–H and O–H groups in total. The Morgan fingerprint density at radius 3 is 2.65 bits per heavy atom. The number of carbonyl (C=O) groups is 1. The SMILES string of the molecule is CC(C)(C)c1nc(C2CCOC2)c(C(=O)O)o1. The smallest absolute Gasteiger partial charge is 0.373 e. The number of aromatic nitrogens is 1. The second-order valence-corrected chi connectivity index (χ2v) is 5.35. The normalized spacial score (nSPS) is 20.8. The van der Waals surface area contributed by atoms with E-state index in [4.69, 9.17) is 14.3 Å². The predicted octanol–water partition coefficient (Wildman–Crippen LogP) is 2.17. The Bertz CT molecular complexity index is 424. The van der Waals surface area contributed by atoms with E-state index in [1.54, 1.807) is 0 Å². The Morgan fingerprint density at radius 1 is 1.47 bits per heavy atom. The first kappa shape index (κ1) is 12.1. The van der Waals surface area contributed by atoms with E-state index >= 15 is 0 Å². The molecule has 1 fully saturated rings. The highest BCUT2D eigenvalue weighted by molar-refractivity contribution is 5.85. The summed E-state index contributed by atoms with van der Waals surface area (Å²) < 4.78 is 10.7. The van der Waals surface area contributed by atoms with Gasteiger partial charge in [0.15, 0.2) is 0 Å². The minimum atomic E-state index is -1.06. The molecule has 1 atom stereocenters. The first-order valence-electron chi connectivity index (χ1n) is 5.72. The average molecular weight is 239 g/mol. The summed E-state index contributed by atoms with van der Waals surface area (Å²) in [6.07, 6.45) is 0.802. The van der Waals surface area contributed by atoms with E-state index in [-0.39, 0.29) is 17.1 Å². The third-order valence-electron chi connectivity index (χ3n) is 2.81. The lowest BCUT2D eigenvalue weighted by atomic mass is 9.97. The van der Waals surface area contributed by atoms with E-state index in [0.29, 0.717) is 24.8 Å². The lowest BCUT2D eigenvalue weighted by molar-refractivity contribution is 0.0656. The third kappa shape index (κ3) is 2.34. The Morgan fingerprint density at radius 2 is 2.18 bits per heavy atom. The number of aromatic carboxylic acids is 1. The minimum absolute atomic E-state index is 0.0366. The van der Waals surface area contributed by atoms with E-state index in [1.807, 2.05) is 20.8 Å². The molecule has 2 rings (SSSR count). The second kappa shape index (κ2) is 4.14. The molecule has 0 amide bonds. The van der Waals surface area contributed by atoms with Crippen molar-refractivity contribution < 1.29 is 19.1 Å². The van der Waals surface area contributed by atoms with Crippen molar-refractivity contribution >= 4 is 5.97 Å². The summed E-state index contributed by atoms with van der Waals surface area (Å²) in [5, 5.41) is 9.13. The number of rotatable bonds is 2. The van der Waals surface area contributed by atoms with Gasteiger partial charge < -0.3 is 14.3 Å². The molecular weight excluding hydrogens is 222 g/mol. The van der Waals surface area contributed by atoms with E-state index in [1.165, 1.54) is 0 Å². The maximum Gasteiger partial charge on any atom is 0.373 e. The molecule has 0 spiro atoms. The van der Waals surface area contributed by atoms with Crippen LogP contribution >= 0.6 is 0 Å². The molecule has 1 aliphatic rings. The number of hydrogen-bond acceptors (Lipinski definition) is 4. The fourth-order valence-corrected chi connectivity index (χ4v) is 1.83. The van der Waals surface area contributed by atoms with Crippen molar-refractivity contribution in [3.8, 4) is 0 Å². The zero-order chi connectivity index (χ0) is 12.6. The molecule has 0 aliphatic carbocycles. The molecule has 1 unspecified atom stereocenters. The standard InChI is InChI=1S/C12H17NO4/c1-12(2,3)11-13-8(7-4-5-16-6-7)9(17-11)10(14)15/h7H,4-6H2,1-3H3,(H,14,15). The van der Waals surface area contributed by atoms with Gasteiger partial charge in [-0.3, -0.25) is 0 Å². The average Bonchev–Trinajstić information content (AvgIpc) is 2.85. The van der Waals surface area contributed by atoms with Crippen LogP contribution in [-0.4, -0.2) is 29.3 Å². The summed E-state index contributed by atoms with van der Waals surface area (Å²) in [7, 11) is 0. The molecule has 1 saturated heterocycles. The van der Waals surface area contributed by atoms with Gasteiger partial charge in [-0.25, -0.2) is 9.78 Å². The molecule has 1 aromatic heterocycles. The molecule has 94 valence electrons. The molecule has 1 aliphatic heterocycles. The van der Waals surface area contributed by atoms with Crippen molar-refractivity contribution in [3.63, 3.8) is 0 Å². The highest BCUT2D eigenvalue weighted by Gasteiger charge is 2.32. The van der Waals surface area contributed by atoms with Crippen molar-refractivity contribution in [2.75, 3.05) is 13.2 Å². The summed E-state index contributed by atoms with van der Waals surface area (Å²) in [6, 6.07) is 0. The van der Waals surface area contributed by atoms with Crippen molar-refractivity contribution in [2.45, 2.75) is 38.5 Å². The van der Waals surface area contributed by atoms with Gasteiger partial charge in [0.2, 0.25) is 11.7 Å². The molecule has 17 heavy (non-hydrogen) atoms. The maximum atomic E-state index is 11.1. The van der Waals surface area contributed by atoms with Crippen LogP contribution < -0.4 is 0 Å². The monoisotopic (exact) mass is 239 g/mol. The van der Waals surface area contributed by atoms with Gasteiger partial charge in [0.25, 0.3) is 0 Å². The van der Waals surface area contributed by atoms with Gasteiger partial charge in [0.1, 0.15) is 0 Å². The van der Waals surface area contributed by atoms with Gasteiger partial charge >= 0.3 is 5.97 Å². The summed E-state index contributed by atoms with van der Waals surface area (Å²) in [5.41, 5.74) is 0.238. The van der Waals surface area contributed by atoms with Crippen molar-refractivity contribution in [1.29, 1.82) is 0 Å². The minimum Gasteiger partial charge on any atom is -0.475 e. The van der Waals surface area contributed by atoms with Gasteiger partial charge in [-0.2, -0.15) is 0 Å². The highest BCUT2D eigenvalue weighted by atomic mass is 16.5. The quantitative estimate of drug-likeness (QED) is 0.856. The van der Waals surface area contributed by atoms with Crippen LogP contribution in [0.1, 0.15) is 55.2 Å². The molecule has 2 heterocycles. The van der Waals surface area contributed by atoms with Crippen LogP contribution in [0.25, 0.3) is 0 Å². The maximum absolute atomic E-state index is 11.1. The first-order valence-corrected chi connectivity index (χ1v) is 5.72. The van der Waals surface area contributed by atoms with Crippen molar-refractivity contribution in [1.82, 2.24) is 4.98 Å². The fourth-order valence-electron chi connectivity index (χ4n) is 1.83. The molecule has 0 aromatic carbocycles. The summed E-state index contributed by atoms with van der Waals surface area (Å²) in [6.45, 7) is 7.01. The number of nitrogens with zero attached hydrogens (tertiary/aromatic N) is 1. The van der Waals surface area contributed by atoms with E-state index < -0.39 is 5.97 Å². The van der Waals surface area contributed by atoms with Crippen molar-refractivity contribution in [2.24, 2.45) is 0 Å². The number of oxazole rings is 1. The Kier molecular flexibility index (Phi) is 2.95. The van der Waals surface area contributed by atoms with Gasteiger partial charge in [-0.05, 0) is 6.42 Å². The van der Waals surface area contributed by atoms with E-state index in [0.717, 1.165) is 6.42 Å². The van der Waals surface area contributed by atoms with Crippen LogP contribution in [0.15, 0.2) is 4.42 Å². The van der Waals surface area contributed by atoms with Crippen molar-refractivity contribution in [3.05, 3.63) is 17.3 Å². The Hall–Kier alpha value is -1.36. The molecule has 5 nitrogen and oxygen atoms in total. The highest BCUT2D eigenvalue weighted by Crippen LogP contribution is 2.31. The van der Waals surface area contributed by atoms with Crippen LogP contribution in [0.5, 0.6) is 0 Å². The van der Waals surface area contributed by atoms with E-state index in [9.17, 15) is 4.79 Å². The van der Waals surface area contributed by atoms with Crippen LogP contribution in [0.4, 0.5) is 0 Å². The van der Waals surface area contributed by atoms with Gasteiger partial charge in [0, 0.05) is 17.9 Å². The number of carboxylic acids is 1. The number of carboxylic acid groups (broad SMARTS) is 1. The summed E-state index contributed by atoms with van der Waals surface area (Å²) >= 11 is 0. The molecular formula is C12H17NO4. The third-order valence-corrected chi connectivity index (χ3v) is 2.81. The lowest BCUT2D eigenvalue weighted by Crippen LogP contribution is -2.12. The molecule has 5 heteroatoms. The summed E-state index contributed by atoms with van der Waals surface area (Å²) in [5.74, 6) is -0.585. The van der Waals surface area contributed by atoms with Gasteiger partial charge in [-0.1, -0.05) is 20.8 Å². The first-order chi connectivity index (χ1) is 7.89. The number of ether oxygens (including phenoxy) is 1. The number of hydrogen-bond donors (Lipinski definition) is 1. The largest absolute Gasteiger partial charge is 0.475 e. The molecule has 0 bridgehead atoms. The van der Waals surface area contributed by atoms with Crippen LogP contribution in [0.3, 0.4) is 0 Å². The topological polar surface area (TPSA) is 72.6 Å². The Balaban J connectivity index is 2.42. The molecule has 1 aromatic rings. The van der Waals surface area contributed by atoms with Gasteiger partial charge in [0.05, 0.1) is 12.3 Å². The molecule has 0 radical (unpaired) electrons. The van der Waals surface area contributed by atoms with E-state index in [2.05, 4.69) is 4.98 Å². The molecule has 0 saturated carbocycles. The lowest BCUT2D eigenvalue weighted by Gasteiger charge is -2.12. The fraction of sp³-hybridized carbons (Fsp3) is 0.667. The van der Waals surface area contributed by atoms with Crippen LogP contribution in [0, 0.1) is 0 Å². The second-order valence-electron chi connectivity index (χ2n) is 5.35. The van der Waals surface area contributed by atoms with Crippen LogP contribution in [0.2, 0.25) is 0 Å². The van der Waals surface area contributed by atoms with Crippen LogP contribution in [-0.2, 0) is 10.2 Å². The Labute approximate surface area is 99.8 Å².